The van der Waals surface area contributed by atoms with Crippen LogP contribution in [0.25, 0.3) is 0 Å². The van der Waals surface area contributed by atoms with E-state index in [-0.39, 0.29) is 18.4 Å². The number of aromatic nitrogens is 2. The summed E-state index contributed by atoms with van der Waals surface area (Å²) in [5.41, 5.74) is 7.61. The highest BCUT2D eigenvalue weighted by molar-refractivity contribution is 5.85. The number of nitrogens with zero attached hydrogens (tertiary/aromatic N) is 3. The second-order valence-electron chi connectivity index (χ2n) is 5.73. The van der Waals surface area contributed by atoms with E-state index in [9.17, 15) is 0 Å². The van der Waals surface area contributed by atoms with E-state index in [0.29, 0.717) is 12.5 Å². The molecule has 2 atom stereocenters. The van der Waals surface area contributed by atoms with E-state index < -0.39 is 0 Å². The number of likely N-dealkylation sites (tertiary alicyclic amines) is 1. The van der Waals surface area contributed by atoms with E-state index in [4.69, 9.17) is 10.3 Å². The van der Waals surface area contributed by atoms with Crippen molar-refractivity contribution in [3.63, 3.8) is 0 Å². The summed E-state index contributed by atoms with van der Waals surface area (Å²) < 4.78 is 5.23. The molecule has 1 aliphatic rings. The molecule has 0 unspecified atom stereocenters. The van der Waals surface area contributed by atoms with Gasteiger partial charge in [-0.25, -0.2) is 0 Å². The van der Waals surface area contributed by atoms with E-state index in [2.05, 4.69) is 46.2 Å². The van der Waals surface area contributed by atoms with E-state index in [1.165, 1.54) is 5.56 Å². The van der Waals surface area contributed by atoms with Gasteiger partial charge in [0.15, 0.2) is 5.82 Å². The zero-order chi connectivity index (χ0) is 14.7. The highest BCUT2D eigenvalue weighted by atomic mass is 35.5. The Balaban J connectivity index is 0.00000176. The molecule has 0 bridgehead atoms. The number of benzene rings is 1. The fourth-order valence-corrected chi connectivity index (χ4v) is 2.97. The minimum absolute atomic E-state index is 0. The van der Waals surface area contributed by atoms with Crippen LogP contribution in [0.2, 0.25) is 0 Å². The summed E-state index contributed by atoms with van der Waals surface area (Å²) >= 11 is 0. The number of aryl methyl sites for hydroxylation is 1. The van der Waals surface area contributed by atoms with Crippen LogP contribution in [0.15, 0.2) is 34.9 Å². The first-order valence-electron chi connectivity index (χ1n) is 7.60. The van der Waals surface area contributed by atoms with Gasteiger partial charge in [-0.05, 0) is 12.0 Å². The number of rotatable bonds is 5. The van der Waals surface area contributed by atoms with Crippen LogP contribution in [-0.4, -0.2) is 34.2 Å². The van der Waals surface area contributed by atoms with Crippen LogP contribution in [-0.2, 0) is 13.0 Å². The third kappa shape index (κ3) is 3.85. The minimum atomic E-state index is 0. The van der Waals surface area contributed by atoms with Crippen LogP contribution >= 0.6 is 12.4 Å². The molecule has 2 aromatic rings. The maximum atomic E-state index is 6.30. The Kier molecular flexibility index (Phi) is 5.94. The fraction of sp³-hybridized carbons (Fsp3) is 0.500. The number of halogens is 1. The summed E-state index contributed by atoms with van der Waals surface area (Å²) in [4.78, 5) is 6.73. The molecule has 1 aromatic heterocycles. The zero-order valence-corrected chi connectivity index (χ0v) is 13.6. The average molecular weight is 323 g/mol. The van der Waals surface area contributed by atoms with E-state index in [1.807, 2.05) is 6.07 Å². The van der Waals surface area contributed by atoms with Crippen molar-refractivity contribution >= 4 is 12.4 Å². The Morgan fingerprint density at radius 1 is 1.27 bits per heavy atom. The molecule has 22 heavy (non-hydrogen) atoms. The lowest BCUT2D eigenvalue weighted by Crippen LogP contribution is -2.28. The third-order valence-electron chi connectivity index (χ3n) is 4.01. The van der Waals surface area contributed by atoms with Crippen LogP contribution in [0.4, 0.5) is 0 Å². The maximum Gasteiger partial charge on any atom is 0.226 e. The Morgan fingerprint density at radius 2 is 2.05 bits per heavy atom. The first-order chi connectivity index (χ1) is 10.3. The molecule has 1 fully saturated rings. The van der Waals surface area contributed by atoms with Crippen LogP contribution in [0.1, 0.15) is 36.5 Å². The Labute approximate surface area is 137 Å². The topological polar surface area (TPSA) is 68.2 Å². The van der Waals surface area contributed by atoms with Gasteiger partial charge in [-0.15, -0.1) is 12.4 Å². The minimum Gasteiger partial charge on any atom is -0.339 e. The van der Waals surface area contributed by atoms with Crippen molar-refractivity contribution in [3.8, 4) is 0 Å². The molecule has 0 radical (unpaired) electrons. The van der Waals surface area contributed by atoms with Gasteiger partial charge >= 0.3 is 0 Å². The average Bonchev–Trinajstić information content (AvgIpc) is 3.07. The zero-order valence-electron chi connectivity index (χ0n) is 12.8. The molecule has 2 N–H and O–H groups in total. The van der Waals surface area contributed by atoms with E-state index >= 15 is 0 Å². The van der Waals surface area contributed by atoms with Crippen LogP contribution in [0.3, 0.4) is 0 Å². The molecule has 1 aliphatic heterocycles. The van der Waals surface area contributed by atoms with Gasteiger partial charge in [-0.2, -0.15) is 4.98 Å². The van der Waals surface area contributed by atoms with Gasteiger partial charge in [0.25, 0.3) is 0 Å². The summed E-state index contributed by atoms with van der Waals surface area (Å²) in [6, 6.07) is 10.6. The predicted molar refractivity (Wildman–Crippen MR) is 88.0 cm³/mol. The largest absolute Gasteiger partial charge is 0.339 e. The fourth-order valence-electron chi connectivity index (χ4n) is 2.97. The lowest BCUT2D eigenvalue weighted by Gasteiger charge is -2.14. The Bertz CT molecular complexity index is 575. The van der Waals surface area contributed by atoms with Gasteiger partial charge in [0.05, 0.1) is 6.54 Å². The van der Waals surface area contributed by atoms with Crippen molar-refractivity contribution in [1.82, 2.24) is 15.0 Å². The summed E-state index contributed by atoms with van der Waals surface area (Å²) in [6.07, 6.45) is 1.87. The summed E-state index contributed by atoms with van der Waals surface area (Å²) in [7, 11) is 0. The van der Waals surface area contributed by atoms with Gasteiger partial charge in [-0.3, -0.25) is 4.90 Å². The molecule has 0 amide bonds. The molecule has 2 heterocycles. The molecule has 3 rings (SSSR count). The summed E-state index contributed by atoms with van der Waals surface area (Å²) in [5, 5.41) is 4.05. The quantitative estimate of drug-likeness (QED) is 0.915. The second kappa shape index (κ2) is 7.72. The standard InChI is InChI=1S/C16H22N4O.ClH/c1-2-6-16-18-15(19-21-16)11-20-9-13(14(17)10-20)12-7-4-3-5-8-12;/h3-5,7-8,13-14H,2,6,9-11,17H2,1H3;1H/t13-,14+;/m0./s1. The van der Waals surface area contributed by atoms with Gasteiger partial charge in [0.1, 0.15) is 0 Å². The predicted octanol–water partition coefficient (Wildman–Crippen LogP) is 2.37. The Hall–Kier alpha value is -1.43. The highest BCUT2D eigenvalue weighted by Crippen LogP contribution is 2.27. The number of hydrogen-bond acceptors (Lipinski definition) is 5. The molecule has 1 saturated heterocycles. The van der Waals surface area contributed by atoms with E-state index in [0.717, 1.165) is 37.6 Å². The summed E-state index contributed by atoms with van der Waals surface area (Å²) in [6.45, 7) is 4.64. The molecular weight excluding hydrogens is 300 g/mol. The number of hydrogen-bond donors (Lipinski definition) is 1. The molecule has 5 nitrogen and oxygen atoms in total. The monoisotopic (exact) mass is 322 g/mol. The highest BCUT2D eigenvalue weighted by Gasteiger charge is 2.31. The normalized spacial score (nSPS) is 21.7. The lowest BCUT2D eigenvalue weighted by atomic mass is 9.95. The lowest BCUT2D eigenvalue weighted by molar-refractivity contribution is 0.303. The number of nitrogens with two attached hydrogens (primary N) is 1. The van der Waals surface area contributed by atoms with Crippen molar-refractivity contribution in [2.24, 2.45) is 5.73 Å². The molecule has 0 spiro atoms. The molecule has 0 saturated carbocycles. The molecule has 120 valence electrons. The van der Waals surface area contributed by atoms with Crippen molar-refractivity contribution in [2.45, 2.75) is 38.3 Å². The van der Waals surface area contributed by atoms with Gasteiger partial charge in [0.2, 0.25) is 5.89 Å². The van der Waals surface area contributed by atoms with Gasteiger partial charge in [0, 0.05) is 31.5 Å². The van der Waals surface area contributed by atoms with Crippen LogP contribution in [0.5, 0.6) is 0 Å². The van der Waals surface area contributed by atoms with Gasteiger partial charge < -0.3 is 10.3 Å². The third-order valence-corrected chi connectivity index (χ3v) is 4.01. The van der Waals surface area contributed by atoms with E-state index in [1.54, 1.807) is 0 Å². The van der Waals surface area contributed by atoms with Crippen molar-refractivity contribution in [3.05, 3.63) is 47.6 Å². The smallest absolute Gasteiger partial charge is 0.226 e. The molecule has 6 heteroatoms. The van der Waals surface area contributed by atoms with Gasteiger partial charge in [-0.1, -0.05) is 42.4 Å². The molecular formula is C16H23ClN4O. The second-order valence-corrected chi connectivity index (χ2v) is 5.73. The van der Waals surface area contributed by atoms with Crippen LogP contribution < -0.4 is 5.73 Å². The molecule has 0 aliphatic carbocycles. The van der Waals surface area contributed by atoms with Crippen molar-refractivity contribution in [2.75, 3.05) is 13.1 Å². The first-order valence-corrected chi connectivity index (χ1v) is 7.60. The summed E-state index contributed by atoms with van der Waals surface area (Å²) in [5.74, 6) is 1.88. The first kappa shape index (κ1) is 16.9. The molecule has 1 aromatic carbocycles. The van der Waals surface area contributed by atoms with Crippen molar-refractivity contribution in [1.29, 1.82) is 0 Å². The van der Waals surface area contributed by atoms with Crippen LogP contribution in [0, 0.1) is 0 Å². The maximum absolute atomic E-state index is 6.30. The Morgan fingerprint density at radius 3 is 2.77 bits per heavy atom. The van der Waals surface area contributed by atoms with Crippen molar-refractivity contribution < 1.29 is 4.52 Å². The SMILES string of the molecule is CCCc1nc(CN2C[C@@H](N)[C@H](c3ccccc3)C2)no1.Cl.